The Morgan fingerprint density at radius 3 is 2.22 bits per heavy atom. The highest BCUT2D eigenvalue weighted by atomic mass is 16.7. The Morgan fingerprint density at radius 1 is 1.56 bits per heavy atom. The van der Waals surface area contributed by atoms with Crippen LogP contribution in [0.4, 0.5) is 0 Å². The summed E-state index contributed by atoms with van der Waals surface area (Å²) in [7, 11) is -1.03. The predicted molar refractivity (Wildman–Crippen MR) is 33.7 cm³/mol. The second kappa shape index (κ2) is 1.97. The van der Waals surface area contributed by atoms with Crippen LogP contribution in [-0.2, 0) is 9.31 Å². The lowest BCUT2D eigenvalue weighted by Gasteiger charge is -2.20. The van der Waals surface area contributed by atoms with Crippen LogP contribution in [0, 0.1) is 0 Å². The Kier molecular flexibility index (Phi) is 1.55. The van der Waals surface area contributed by atoms with E-state index in [-0.39, 0.29) is 11.7 Å². The van der Waals surface area contributed by atoms with Gasteiger partial charge in [-0.05, 0) is 20.8 Å². The minimum absolute atomic E-state index is 0.0347. The van der Waals surface area contributed by atoms with Crippen molar-refractivity contribution < 1.29 is 14.3 Å². The van der Waals surface area contributed by atoms with Crippen LogP contribution >= 0.6 is 0 Å². The van der Waals surface area contributed by atoms with Crippen LogP contribution in [0.1, 0.15) is 20.8 Å². The third-order valence-electron chi connectivity index (χ3n) is 1.70. The lowest BCUT2D eigenvalue weighted by molar-refractivity contribution is 0.0815. The molecule has 0 amide bonds. The molecule has 1 N–H and O–H groups in total. The molecule has 1 fully saturated rings. The van der Waals surface area contributed by atoms with Crippen molar-refractivity contribution in [3.05, 3.63) is 0 Å². The van der Waals surface area contributed by atoms with Crippen molar-refractivity contribution in [3.63, 3.8) is 0 Å². The summed E-state index contributed by atoms with van der Waals surface area (Å²) in [5, 5.41) is 8.79. The van der Waals surface area contributed by atoms with Crippen LogP contribution in [0.3, 0.4) is 0 Å². The Morgan fingerprint density at radius 2 is 2.11 bits per heavy atom. The van der Waals surface area contributed by atoms with E-state index in [1.165, 1.54) is 0 Å². The maximum atomic E-state index is 8.79. The fraction of sp³-hybridized carbons (Fsp3) is 1.00. The summed E-state index contributed by atoms with van der Waals surface area (Å²) in [5.41, 5.74) is -0.348. The van der Waals surface area contributed by atoms with Gasteiger partial charge in [-0.15, -0.1) is 0 Å². The minimum atomic E-state index is -1.03. The van der Waals surface area contributed by atoms with Crippen molar-refractivity contribution in [3.8, 4) is 0 Å². The lowest BCUT2D eigenvalue weighted by Crippen LogP contribution is -2.30. The number of rotatable bonds is 0. The van der Waals surface area contributed by atoms with Crippen LogP contribution in [0.2, 0.25) is 0 Å². The van der Waals surface area contributed by atoms with Crippen molar-refractivity contribution in [1.29, 1.82) is 0 Å². The van der Waals surface area contributed by atoms with E-state index in [0.29, 0.717) is 0 Å². The first-order valence-electron chi connectivity index (χ1n) is 3.04. The quantitative estimate of drug-likeness (QED) is 0.475. The van der Waals surface area contributed by atoms with Gasteiger partial charge in [-0.25, -0.2) is 0 Å². The van der Waals surface area contributed by atoms with Gasteiger partial charge in [0.05, 0.1) is 11.7 Å². The van der Waals surface area contributed by atoms with Gasteiger partial charge in [0, 0.05) is 0 Å². The average Bonchev–Trinajstić information content (AvgIpc) is 1.79. The summed E-state index contributed by atoms with van der Waals surface area (Å²) < 4.78 is 9.90. The molecule has 1 aliphatic rings. The third kappa shape index (κ3) is 1.26. The second-order valence-electron chi connectivity index (χ2n) is 2.81. The first-order valence-corrected chi connectivity index (χ1v) is 3.04. The van der Waals surface area contributed by atoms with E-state index in [4.69, 9.17) is 14.3 Å². The first kappa shape index (κ1) is 7.06. The molecule has 0 aliphatic carbocycles. The van der Waals surface area contributed by atoms with Crippen molar-refractivity contribution in [2.75, 3.05) is 0 Å². The molecule has 0 aromatic carbocycles. The van der Waals surface area contributed by atoms with Gasteiger partial charge in [0.25, 0.3) is 0 Å². The highest BCUT2D eigenvalue weighted by molar-refractivity contribution is 6.35. The molecule has 3 nitrogen and oxygen atoms in total. The number of hydrogen-bond donors (Lipinski definition) is 1. The Bertz CT molecular complexity index is 115. The molecule has 0 aromatic heterocycles. The van der Waals surface area contributed by atoms with Gasteiger partial charge in [0.1, 0.15) is 0 Å². The molecule has 0 saturated carbocycles. The molecular formula is C5H11BO3. The van der Waals surface area contributed by atoms with Crippen LogP contribution in [-0.4, -0.2) is 24.1 Å². The van der Waals surface area contributed by atoms with Crippen LogP contribution in [0.5, 0.6) is 0 Å². The van der Waals surface area contributed by atoms with Crippen LogP contribution in [0.25, 0.3) is 0 Å². The molecule has 1 aliphatic heterocycles. The van der Waals surface area contributed by atoms with E-state index in [0.717, 1.165) is 0 Å². The van der Waals surface area contributed by atoms with Crippen molar-refractivity contribution >= 4 is 7.32 Å². The molecule has 0 spiro atoms. The molecule has 1 rings (SSSR count). The molecule has 0 aromatic rings. The zero-order valence-electron chi connectivity index (χ0n) is 5.92. The van der Waals surface area contributed by atoms with Gasteiger partial charge >= 0.3 is 7.32 Å². The van der Waals surface area contributed by atoms with Gasteiger partial charge < -0.3 is 14.3 Å². The first-order chi connectivity index (χ1) is 4.02. The minimum Gasteiger partial charge on any atom is -0.402 e. The zero-order valence-corrected chi connectivity index (χ0v) is 5.92. The Balaban J connectivity index is 2.58. The van der Waals surface area contributed by atoms with Crippen LogP contribution in [0.15, 0.2) is 0 Å². The topological polar surface area (TPSA) is 38.7 Å². The van der Waals surface area contributed by atoms with Gasteiger partial charge in [-0.1, -0.05) is 0 Å². The molecule has 1 saturated heterocycles. The molecular weight excluding hydrogens is 119 g/mol. The Hall–Kier alpha value is -0.0551. The average molecular weight is 130 g/mol. The second-order valence-corrected chi connectivity index (χ2v) is 2.81. The third-order valence-corrected chi connectivity index (χ3v) is 1.70. The van der Waals surface area contributed by atoms with Gasteiger partial charge in [0.15, 0.2) is 0 Å². The summed E-state index contributed by atoms with van der Waals surface area (Å²) in [6.45, 7) is 5.64. The standard InChI is InChI=1S/C5H11BO3/c1-4-5(2,3)9-6(7)8-4/h4,7H,1-3H3. The van der Waals surface area contributed by atoms with E-state index in [1.54, 1.807) is 0 Å². The van der Waals surface area contributed by atoms with Crippen molar-refractivity contribution in [2.45, 2.75) is 32.5 Å². The Labute approximate surface area is 55.1 Å². The fourth-order valence-electron chi connectivity index (χ4n) is 0.722. The summed E-state index contributed by atoms with van der Waals surface area (Å²) in [4.78, 5) is 0. The van der Waals surface area contributed by atoms with Gasteiger partial charge in [-0.3, -0.25) is 0 Å². The van der Waals surface area contributed by atoms with Crippen LogP contribution < -0.4 is 0 Å². The van der Waals surface area contributed by atoms with E-state index in [2.05, 4.69) is 0 Å². The van der Waals surface area contributed by atoms with E-state index in [1.807, 2.05) is 20.8 Å². The molecule has 0 radical (unpaired) electrons. The summed E-state index contributed by atoms with van der Waals surface area (Å²) in [6.07, 6.45) is -0.0347. The molecule has 0 bridgehead atoms. The molecule has 9 heavy (non-hydrogen) atoms. The van der Waals surface area contributed by atoms with E-state index < -0.39 is 7.32 Å². The summed E-state index contributed by atoms with van der Waals surface area (Å²) >= 11 is 0. The maximum Gasteiger partial charge on any atom is 0.637 e. The fourth-order valence-corrected chi connectivity index (χ4v) is 0.722. The molecule has 1 heterocycles. The molecule has 1 atom stereocenters. The highest BCUT2D eigenvalue weighted by Crippen LogP contribution is 2.25. The lowest BCUT2D eigenvalue weighted by atomic mass is 10.0. The number of hydrogen-bond acceptors (Lipinski definition) is 3. The largest absolute Gasteiger partial charge is 0.637 e. The van der Waals surface area contributed by atoms with Gasteiger partial charge in [-0.2, -0.15) is 0 Å². The monoisotopic (exact) mass is 130 g/mol. The van der Waals surface area contributed by atoms with E-state index in [9.17, 15) is 0 Å². The molecule has 1 unspecified atom stereocenters. The summed E-state index contributed by atoms with van der Waals surface area (Å²) in [5.74, 6) is 0. The smallest absolute Gasteiger partial charge is 0.402 e. The summed E-state index contributed by atoms with van der Waals surface area (Å²) in [6, 6.07) is 0. The predicted octanol–water partition coefficient (Wildman–Crippen LogP) is 0.177. The maximum absolute atomic E-state index is 8.79. The zero-order chi connectivity index (χ0) is 7.07. The van der Waals surface area contributed by atoms with E-state index >= 15 is 0 Å². The molecule has 52 valence electrons. The highest BCUT2D eigenvalue weighted by Gasteiger charge is 2.42. The molecule has 4 heteroatoms. The van der Waals surface area contributed by atoms with Crippen molar-refractivity contribution in [1.82, 2.24) is 0 Å². The van der Waals surface area contributed by atoms with Gasteiger partial charge in [0.2, 0.25) is 0 Å². The van der Waals surface area contributed by atoms with Crippen molar-refractivity contribution in [2.24, 2.45) is 0 Å². The SMILES string of the molecule is CC1OB(O)OC1(C)C. The normalized spacial score (nSPS) is 33.3.